The van der Waals surface area contributed by atoms with E-state index in [1.54, 1.807) is 18.2 Å². The first-order valence-corrected chi connectivity index (χ1v) is 5.82. The molecule has 0 amide bonds. The van der Waals surface area contributed by atoms with Gasteiger partial charge in [-0.1, -0.05) is 30.1 Å². The van der Waals surface area contributed by atoms with E-state index in [9.17, 15) is 0 Å². The van der Waals surface area contributed by atoms with Gasteiger partial charge in [-0.05, 0) is 25.5 Å². The largest absolute Gasteiger partial charge is 0.464 e. The van der Waals surface area contributed by atoms with Crippen molar-refractivity contribution in [2.45, 2.75) is 13.8 Å². The molecule has 0 N–H and O–H groups in total. The predicted octanol–water partition coefficient (Wildman–Crippen LogP) is 2.81. The third kappa shape index (κ3) is 4.62. The zero-order valence-corrected chi connectivity index (χ0v) is 10.6. The van der Waals surface area contributed by atoms with Crippen molar-refractivity contribution in [1.29, 1.82) is 5.26 Å². The third-order valence-electron chi connectivity index (χ3n) is 1.83. The summed E-state index contributed by atoms with van der Waals surface area (Å²) in [6, 6.07) is 2.06. The van der Waals surface area contributed by atoms with E-state index < -0.39 is 0 Å². The maximum Gasteiger partial charge on any atom is 0.294 e. The Morgan fingerprint density at radius 1 is 1.53 bits per heavy atom. The van der Waals surface area contributed by atoms with E-state index in [4.69, 9.17) is 10.00 Å². The van der Waals surface area contributed by atoms with E-state index in [0.717, 1.165) is 10.6 Å². The van der Waals surface area contributed by atoms with Crippen LogP contribution < -0.4 is 4.74 Å². The Balaban J connectivity index is 2.43. The molecule has 88 valence electrons. The molecule has 0 aromatic carbocycles. The predicted molar refractivity (Wildman–Crippen MR) is 67.8 cm³/mol. The van der Waals surface area contributed by atoms with E-state index >= 15 is 0 Å². The zero-order chi connectivity index (χ0) is 12.7. The smallest absolute Gasteiger partial charge is 0.294 e. The second-order valence-corrected chi connectivity index (χ2v) is 4.37. The molecule has 0 aliphatic rings. The molecule has 0 bridgehead atoms. The fourth-order valence-electron chi connectivity index (χ4n) is 0.945. The fourth-order valence-corrected chi connectivity index (χ4v) is 1.48. The molecule has 0 saturated heterocycles. The van der Waals surface area contributed by atoms with Gasteiger partial charge in [-0.2, -0.15) is 5.26 Å². The summed E-state index contributed by atoms with van der Waals surface area (Å²) in [7, 11) is 0. The van der Waals surface area contributed by atoms with Gasteiger partial charge in [0, 0.05) is 5.57 Å². The van der Waals surface area contributed by atoms with E-state index in [2.05, 4.69) is 22.8 Å². The van der Waals surface area contributed by atoms with Gasteiger partial charge in [-0.15, -0.1) is 10.2 Å². The highest BCUT2D eigenvalue weighted by atomic mass is 32.1. The van der Waals surface area contributed by atoms with Gasteiger partial charge < -0.3 is 4.74 Å². The van der Waals surface area contributed by atoms with E-state index in [-0.39, 0.29) is 0 Å². The Hall–Kier alpha value is -1.93. The molecule has 0 saturated carbocycles. The SMILES string of the molecule is C=C(/C=C\C(C#N)=C/C)COc1nnc(C)s1. The second kappa shape index (κ2) is 6.61. The second-order valence-electron chi connectivity index (χ2n) is 3.22. The number of hydrogen-bond donors (Lipinski definition) is 0. The summed E-state index contributed by atoms with van der Waals surface area (Å²) < 4.78 is 5.38. The molecule has 4 nitrogen and oxygen atoms in total. The number of aromatic nitrogens is 2. The number of aryl methyl sites for hydroxylation is 1. The number of rotatable bonds is 5. The van der Waals surface area contributed by atoms with Crippen molar-refractivity contribution < 1.29 is 4.74 Å². The molecule has 0 aliphatic carbocycles. The summed E-state index contributed by atoms with van der Waals surface area (Å²) in [5.41, 5.74) is 1.37. The molecule has 0 atom stereocenters. The summed E-state index contributed by atoms with van der Waals surface area (Å²) in [6.45, 7) is 7.84. The monoisotopic (exact) mass is 247 g/mol. The molecule has 0 unspecified atom stereocenters. The standard InChI is InChI=1S/C12H13N3OS/c1-4-11(7-13)6-5-9(2)8-16-12-15-14-10(3)17-12/h4-6H,2,8H2,1,3H3/b6-5-,11-4+. The average molecular weight is 247 g/mol. The van der Waals surface area contributed by atoms with Gasteiger partial charge in [0.25, 0.3) is 5.19 Å². The first kappa shape index (κ1) is 13.1. The molecule has 0 aliphatic heterocycles. The molecule has 1 aromatic rings. The van der Waals surface area contributed by atoms with Crippen LogP contribution in [0.3, 0.4) is 0 Å². The Kier molecular flexibility index (Phi) is 5.11. The van der Waals surface area contributed by atoms with Crippen LogP contribution in [0.4, 0.5) is 0 Å². The quantitative estimate of drug-likeness (QED) is 0.593. The van der Waals surface area contributed by atoms with Crippen LogP contribution in [0.15, 0.2) is 36.0 Å². The van der Waals surface area contributed by atoms with Crippen molar-refractivity contribution in [3.63, 3.8) is 0 Å². The van der Waals surface area contributed by atoms with Crippen molar-refractivity contribution in [1.82, 2.24) is 10.2 Å². The van der Waals surface area contributed by atoms with Gasteiger partial charge in [0.1, 0.15) is 11.6 Å². The lowest BCUT2D eigenvalue weighted by Gasteiger charge is -2.00. The molecule has 17 heavy (non-hydrogen) atoms. The van der Waals surface area contributed by atoms with Crippen LogP contribution in [0.1, 0.15) is 11.9 Å². The van der Waals surface area contributed by atoms with Crippen molar-refractivity contribution >= 4 is 11.3 Å². The summed E-state index contributed by atoms with van der Waals surface area (Å²) in [5, 5.41) is 17.8. The van der Waals surface area contributed by atoms with Crippen LogP contribution in [0.2, 0.25) is 0 Å². The van der Waals surface area contributed by atoms with Crippen molar-refractivity contribution in [3.05, 3.63) is 41.0 Å². The fraction of sp³-hybridized carbons (Fsp3) is 0.250. The molecule has 1 heterocycles. The van der Waals surface area contributed by atoms with Gasteiger partial charge >= 0.3 is 0 Å². The lowest BCUT2D eigenvalue weighted by molar-refractivity contribution is 0.350. The minimum atomic E-state index is 0.341. The molecule has 1 aromatic heterocycles. The number of ether oxygens (including phenoxy) is 1. The molecule has 0 fully saturated rings. The summed E-state index contributed by atoms with van der Waals surface area (Å²) in [5.74, 6) is 0. The zero-order valence-electron chi connectivity index (χ0n) is 9.80. The van der Waals surface area contributed by atoms with Gasteiger partial charge in [0.05, 0.1) is 6.07 Å². The van der Waals surface area contributed by atoms with Crippen molar-refractivity contribution in [3.8, 4) is 11.3 Å². The van der Waals surface area contributed by atoms with Gasteiger partial charge in [-0.25, -0.2) is 0 Å². The first-order chi connectivity index (χ1) is 8.15. The molecule has 0 spiro atoms. The maximum atomic E-state index is 8.70. The summed E-state index contributed by atoms with van der Waals surface area (Å²) in [4.78, 5) is 0. The average Bonchev–Trinajstić information content (AvgIpc) is 2.74. The van der Waals surface area contributed by atoms with E-state index in [1.165, 1.54) is 11.3 Å². The Morgan fingerprint density at radius 3 is 2.82 bits per heavy atom. The molecule has 1 rings (SSSR count). The van der Waals surface area contributed by atoms with Crippen LogP contribution in [-0.4, -0.2) is 16.8 Å². The summed E-state index contributed by atoms with van der Waals surface area (Å²) >= 11 is 1.39. The lowest BCUT2D eigenvalue weighted by Crippen LogP contribution is -1.98. The molecule has 0 radical (unpaired) electrons. The number of allylic oxidation sites excluding steroid dienone is 3. The topological polar surface area (TPSA) is 58.8 Å². The van der Waals surface area contributed by atoms with Gasteiger partial charge in [0.15, 0.2) is 0 Å². The Bertz CT molecular complexity index is 494. The number of nitriles is 1. The highest BCUT2D eigenvalue weighted by Gasteiger charge is 2.00. The van der Waals surface area contributed by atoms with Crippen LogP contribution in [-0.2, 0) is 0 Å². The van der Waals surface area contributed by atoms with Crippen LogP contribution >= 0.6 is 11.3 Å². The lowest BCUT2D eigenvalue weighted by atomic mass is 10.2. The van der Waals surface area contributed by atoms with Crippen molar-refractivity contribution in [2.75, 3.05) is 6.61 Å². The minimum absolute atomic E-state index is 0.341. The Labute approximate surface area is 105 Å². The highest BCUT2D eigenvalue weighted by Crippen LogP contribution is 2.17. The van der Waals surface area contributed by atoms with Crippen LogP contribution in [0.25, 0.3) is 0 Å². The maximum absolute atomic E-state index is 8.70. The van der Waals surface area contributed by atoms with Crippen molar-refractivity contribution in [2.24, 2.45) is 0 Å². The van der Waals surface area contributed by atoms with E-state index in [0.29, 0.717) is 17.4 Å². The normalized spacial score (nSPS) is 11.5. The summed E-state index contributed by atoms with van der Waals surface area (Å²) in [6.07, 6.45) is 5.20. The van der Waals surface area contributed by atoms with Gasteiger partial charge in [0.2, 0.25) is 0 Å². The van der Waals surface area contributed by atoms with Gasteiger partial charge in [-0.3, -0.25) is 0 Å². The number of nitrogens with zero attached hydrogens (tertiary/aromatic N) is 3. The third-order valence-corrected chi connectivity index (χ3v) is 2.58. The highest BCUT2D eigenvalue weighted by molar-refractivity contribution is 7.12. The minimum Gasteiger partial charge on any atom is -0.464 e. The Morgan fingerprint density at radius 2 is 2.29 bits per heavy atom. The molecular weight excluding hydrogens is 234 g/mol. The van der Waals surface area contributed by atoms with Crippen LogP contribution in [0.5, 0.6) is 5.19 Å². The van der Waals surface area contributed by atoms with Crippen LogP contribution in [0, 0.1) is 18.3 Å². The molecule has 5 heteroatoms. The molecular formula is C12H13N3OS. The number of hydrogen-bond acceptors (Lipinski definition) is 5. The first-order valence-electron chi connectivity index (χ1n) is 5.01. The van der Waals surface area contributed by atoms with E-state index in [1.807, 2.05) is 13.8 Å².